The van der Waals surface area contributed by atoms with Crippen LogP contribution in [0.2, 0.25) is 0 Å². The molecule has 2 aromatic rings. The van der Waals surface area contributed by atoms with Gasteiger partial charge in [0.15, 0.2) is 0 Å². The third-order valence-electron chi connectivity index (χ3n) is 3.01. The number of aromatic nitrogens is 2. The maximum Gasteiger partial charge on any atom is 0.348 e. The molecule has 0 spiro atoms. The molecule has 0 fully saturated rings. The van der Waals surface area contributed by atoms with Crippen molar-refractivity contribution in [1.29, 1.82) is 0 Å². The van der Waals surface area contributed by atoms with Gasteiger partial charge in [-0.3, -0.25) is 0 Å². The van der Waals surface area contributed by atoms with Crippen LogP contribution in [-0.4, -0.2) is 42.8 Å². The lowest BCUT2D eigenvalue weighted by Crippen LogP contribution is -2.07. The molecule has 7 heteroatoms. The van der Waals surface area contributed by atoms with E-state index in [9.17, 15) is 4.79 Å². The Morgan fingerprint density at radius 2 is 2.24 bits per heavy atom. The summed E-state index contributed by atoms with van der Waals surface area (Å²) in [5.41, 5.74) is 0.864. The van der Waals surface area contributed by atoms with Crippen molar-refractivity contribution < 1.29 is 14.3 Å². The fourth-order valence-electron chi connectivity index (χ4n) is 2.02. The topological polar surface area (TPSA) is 73.3 Å². The first-order chi connectivity index (χ1) is 10.2. The summed E-state index contributed by atoms with van der Waals surface area (Å²) in [6.45, 7) is 5.50. The summed E-state index contributed by atoms with van der Waals surface area (Å²) in [7, 11) is 1.68. The highest BCUT2D eigenvalue weighted by Gasteiger charge is 2.19. The van der Waals surface area contributed by atoms with Crippen molar-refractivity contribution in [1.82, 2.24) is 9.97 Å². The van der Waals surface area contributed by atoms with Gasteiger partial charge in [-0.15, -0.1) is 11.3 Å². The highest BCUT2D eigenvalue weighted by molar-refractivity contribution is 7.20. The SMILES string of the molecule is CCOC(=O)c1sc2ncnc(NCCCOC)c2c1C. The predicted octanol–water partition coefficient (Wildman–Crippen LogP) is 2.62. The quantitative estimate of drug-likeness (QED) is 0.626. The lowest BCUT2D eigenvalue weighted by molar-refractivity contribution is 0.0531. The third-order valence-corrected chi connectivity index (χ3v) is 4.19. The first-order valence-electron chi connectivity index (χ1n) is 6.83. The number of rotatable bonds is 7. The molecule has 0 aliphatic rings. The Kier molecular flexibility index (Phi) is 5.46. The summed E-state index contributed by atoms with van der Waals surface area (Å²) in [4.78, 5) is 21.9. The van der Waals surface area contributed by atoms with E-state index in [1.807, 2.05) is 6.92 Å². The molecule has 0 aliphatic carbocycles. The van der Waals surface area contributed by atoms with Crippen LogP contribution in [0.15, 0.2) is 6.33 Å². The van der Waals surface area contributed by atoms with Crippen LogP contribution < -0.4 is 5.32 Å². The number of ether oxygens (including phenoxy) is 2. The van der Waals surface area contributed by atoms with E-state index < -0.39 is 0 Å². The summed E-state index contributed by atoms with van der Waals surface area (Å²) in [5.74, 6) is 0.448. The number of carbonyl (C=O) groups excluding carboxylic acids is 1. The van der Waals surface area contributed by atoms with Crippen LogP contribution in [0.1, 0.15) is 28.6 Å². The zero-order valence-corrected chi connectivity index (χ0v) is 13.2. The van der Waals surface area contributed by atoms with Gasteiger partial charge in [-0.05, 0) is 25.8 Å². The molecule has 0 atom stereocenters. The largest absolute Gasteiger partial charge is 0.462 e. The molecule has 6 nitrogen and oxygen atoms in total. The van der Waals surface area contributed by atoms with E-state index in [-0.39, 0.29) is 5.97 Å². The molecule has 2 rings (SSSR count). The normalized spacial score (nSPS) is 10.8. The van der Waals surface area contributed by atoms with Crippen molar-refractivity contribution in [2.24, 2.45) is 0 Å². The smallest absolute Gasteiger partial charge is 0.348 e. The maximum atomic E-state index is 11.9. The lowest BCUT2D eigenvalue weighted by atomic mass is 10.2. The van der Waals surface area contributed by atoms with Crippen LogP contribution >= 0.6 is 11.3 Å². The van der Waals surface area contributed by atoms with E-state index >= 15 is 0 Å². The van der Waals surface area contributed by atoms with Crippen molar-refractivity contribution >= 4 is 33.3 Å². The molecule has 2 aromatic heterocycles. The number of fused-ring (bicyclic) bond motifs is 1. The number of aryl methyl sites for hydroxylation is 1. The number of hydrogen-bond acceptors (Lipinski definition) is 7. The zero-order valence-electron chi connectivity index (χ0n) is 12.4. The van der Waals surface area contributed by atoms with E-state index in [1.165, 1.54) is 17.7 Å². The van der Waals surface area contributed by atoms with Crippen LogP contribution in [-0.2, 0) is 9.47 Å². The molecule has 0 amide bonds. The number of thiophene rings is 1. The maximum absolute atomic E-state index is 11.9. The average molecular weight is 309 g/mol. The van der Waals surface area contributed by atoms with Crippen molar-refractivity contribution in [2.45, 2.75) is 20.3 Å². The van der Waals surface area contributed by atoms with Crippen molar-refractivity contribution in [3.63, 3.8) is 0 Å². The molecule has 0 saturated heterocycles. The summed E-state index contributed by atoms with van der Waals surface area (Å²) < 4.78 is 10.1. The van der Waals surface area contributed by atoms with Crippen molar-refractivity contribution in [3.05, 3.63) is 16.8 Å². The van der Waals surface area contributed by atoms with E-state index in [0.29, 0.717) is 18.1 Å². The molecule has 114 valence electrons. The van der Waals surface area contributed by atoms with Crippen LogP contribution in [0.25, 0.3) is 10.2 Å². The van der Waals surface area contributed by atoms with Crippen molar-refractivity contribution in [2.75, 3.05) is 32.2 Å². The van der Waals surface area contributed by atoms with Gasteiger partial charge in [0.25, 0.3) is 0 Å². The van der Waals surface area contributed by atoms with Gasteiger partial charge in [0.05, 0.1) is 12.0 Å². The molecular weight excluding hydrogens is 290 g/mol. The van der Waals surface area contributed by atoms with Gasteiger partial charge in [0.1, 0.15) is 21.9 Å². The molecule has 0 saturated carbocycles. The van der Waals surface area contributed by atoms with Gasteiger partial charge in [0, 0.05) is 20.3 Å². The van der Waals surface area contributed by atoms with Gasteiger partial charge >= 0.3 is 5.97 Å². The summed E-state index contributed by atoms with van der Waals surface area (Å²) >= 11 is 1.34. The molecule has 0 radical (unpaired) electrons. The molecule has 0 aliphatic heterocycles. The zero-order chi connectivity index (χ0) is 15.2. The number of nitrogens with one attached hydrogen (secondary N) is 1. The Bertz CT molecular complexity index is 627. The number of nitrogens with zero attached hydrogens (tertiary/aromatic N) is 2. The van der Waals surface area contributed by atoms with Crippen LogP contribution in [0, 0.1) is 6.92 Å². The highest BCUT2D eigenvalue weighted by atomic mass is 32.1. The molecule has 0 aromatic carbocycles. The van der Waals surface area contributed by atoms with Gasteiger partial charge in [-0.25, -0.2) is 14.8 Å². The van der Waals surface area contributed by atoms with Crippen LogP contribution in [0.3, 0.4) is 0 Å². The molecular formula is C14H19N3O3S. The van der Waals surface area contributed by atoms with Gasteiger partial charge < -0.3 is 14.8 Å². The number of hydrogen-bond donors (Lipinski definition) is 1. The molecule has 1 N–H and O–H groups in total. The number of carbonyl (C=O) groups is 1. The fourth-order valence-corrected chi connectivity index (χ4v) is 3.06. The standard InChI is InChI=1S/C14H19N3O3S/c1-4-20-14(18)11-9(2)10-12(15-6-5-7-19-3)16-8-17-13(10)21-11/h8H,4-7H2,1-3H3,(H,15,16,17). The van der Waals surface area contributed by atoms with Crippen LogP contribution in [0.5, 0.6) is 0 Å². The first kappa shape index (κ1) is 15.7. The van der Waals surface area contributed by atoms with Gasteiger partial charge in [0.2, 0.25) is 0 Å². The highest BCUT2D eigenvalue weighted by Crippen LogP contribution is 2.33. The Labute approximate surface area is 127 Å². The van der Waals surface area contributed by atoms with E-state index in [4.69, 9.17) is 9.47 Å². The molecule has 21 heavy (non-hydrogen) atoms. The Morgan fingerprint density at radius 1 is 1.43 bits per heavy atom. The Morgan fingerprint density at radius 3 is 2.95 bits per heavy atom. The minimum atomic E-state index is -0.302. The minimum absolute atomic E-state index is 0.302. The van der Waals surface area contributed by atoms with Gasteiger partial charge in [-0.1, -0.05) is 0 Å². The average Bonchev–Trinajstić information content (AvgIpc) is 2.82. The molecule has 2 heterocycles. The summed E-state index contributed by atoms with van der Waals surface area (Å²) in [5, 5.41) is 4.16. The second-order valence-electron chi connectivity index (χ2n) is 4.45. The number of esters is 1. The fraction of sp³-hybridized carbons (Fsp3) is 0.500. The van der Waals surface area contributed by atoms with E-state index in [1.54, 1.807) is 14.0 Å². The van der Waals surface area contributed by atoms with Crippen LogP contribution in [0.4, 0.5) is 5.82 Å². The second-order valence-corrected chi connectivity index (χ2v) is 5.45. The van der Waals surface area contributed by atoms with E-state index in [0.717, 1.165) is 34.6 Å². The monoisotopic (exact) mass is 309 g/mol. The number of methoxy groups -OCH3 is 1. The minimum Gasteiger partial charge on any atom is -0.462 e. The predicted molar refractivity (Wildman–Crippen MR) is 83.1 cm³/mol. The summed E-state index contributed by atoms with van der Waals surface area (Å²) in [6.07, 6.45) is 2.39. The lowest BCUT2D eigenvalue weighted by Gasteiger charge is -2.06. The molecule has 0 unspecified atom stereocenters. The van der Waals surface area contributed by atoms with E-state index in [2.05, 4.69) is 15.3 Å². The Hall–Kier alpha value is -1.73. The third kappa shape index (κ3) is 3.48. The summed E-state index contributed by atoms with van der Waals surface area (Å²) in [6, 6.07) is 0. The molecule has 0 bridgehead atoms. The second kappa shape index (κ2) is 7.33. The first-order valence-corrected chi connectivity index (χ1v) is 7.64. The van der Waals surface area contributed by atoms with Gasteiger partial charge in [-0.2, -0.15) is 0 Å². The number of anilines is 1. The Balaban J connectivity index is 2.28. The van der Waals surface area contributed by atoms with Crippen molar-refractivity contribution in [3.8, 4) is 0 Å².